The van der Waals surface area contributed by atoms with Crippen LogP contribution in [-0.4, -0.2) is 61.4 Å². The molecule has 1 saturated heterocycles. The number of benzene rings is 2. The van der Waals surface area contributed by atoms with Gasteiger partial charge in [0.15, 0.2) is 10.0 Å². The van der Waals surface area contributed by atoms with E-state index in [1.165, 1.54) is 28.5 Å². The molecular formula is C28H27N3O4S2. The van der Waals surface area contributed by atoms with Gasteiger partial charge in [0.1, 0.15) is 0 Å². The lowest BCUT2D eigenvalue weighted by Gasteiger charge is -2.22. The van der Waals surface area contributed by atoms with Gasteiger partial charge >= 0.3 is 5.97 Å². The highest BCUT2D eigenvalue weighted by Crippen LogP contribution is 2.27. The maximum atomic E-state index is 12.4. The Hall–Kier alpha value is -3.40. The van der Waals surface area contributed by atoms with Crippen molar-refractivity contribution in [1.29, 1.82) is 0 Å². The van der Waals surface area contributed by atoms with Crippen LogP contribution in [0.1, 0.15) is 28.9 Å². The van der Waals surface area contributed by atoms with Gasteiger partial charge in [0, 0.05) is 42.2 Å². The topological polar surface area (TPSA) is 107 Å². The Morgan fingerprint density at radius 2 is 2.11 bits per heavy atom. The van der Waals surface area contributed by atoms with Crippen molar-refractivity contribution in [1.82, 2.24) is 14.9 Å². The number of carboxylic acids is 1. The van der Waals surface area contributed by atoms with Crippen LogP contribution < -0.4 is 0 Å². The number of nitrogens with one attached hydrogen (secondary N) is 1. The quantitative estimate of drug-likeness (QED) is 0.190. The Morgan fingerprint density at radius 3 is 2.95 bits per heavy atom. The van der Waals surface area contributed by atoms with Gasteiger partial charge in [-0.15, -0.1) is 11.3 Å². The molecule has 2 aromatic heterocycles. The van der Waals surface area contributed by atoms with E-state index >= 15 is 0 Å². The van der Waals surface area contributed by atoms with E-state index in [0.717, 1.165) is 34.0 Å². The van der Waals surface area contributed by atoms with Gasteiger partial charge in [-0.05, 0) is 46.7 Å². The van der Waals surface area contributed by atoms with E-state index in [1.54, 1.807) is 6.08 Å². The fraction of sp³-hybridized carbons (Fsp3) is 0.250. The summed E-state index contributed by atoms with van der Waals surface area (Å²) in [6.45, 7) is 0.546. The van der Waals surface area contributed by atoms with E-state index in [2.05, 4.69) is 46.4 Å². The fourth-order valence-corrected chi connectivity index (χ4v) is 6.39. The van der Waals surface area contributed by atoms with Crippen molar-refractivity contribution in [3.63, 3.8) is 0 Å². The van der Waals surface area contributed by atoms with Crippen LogP contribution in [0.2, 0.25) is 0 Å². The standard InChI is InChI=1S/C28H27N3O4S2/c32-23(15-18-2-1-3-19(14-18)20-4-8-24-21(16-20)10-11-29-24)7-5-22-6-9-26(33)31(22)12-13-36-28-30-25(17-37-28)27(34)35/h1-5,7-8,10-11,14,16-17,22-23,29,32H,6,9,12-13,15H2,(H,34,35)/b7-5+/t22-,23+/m0/s1. The second-order valence-electron chi connectivity index (χ2n) is 8.98. The smallest absolute Gasteiger partial charge is 0.355 e. The average molecular weight is 534 g/mol. The number of rotatable bonds is 10. The number of nitrogens with zero attached hydrogens (tertiary/aromatic N) is 2. The number of aliphatic hydroxyl groups is 1. The van der Waals surface area contributed by atoms with Gasteiger partial charge in [-0.3, -0.25) is 4.79 Å². The number of thioether (sulfide) groups is 1. The predicted octanol–water partition coefficient (Wildman–Crippen LogP) is 5.23. The molecule has 4 aromatic rings. The number of aromatic amines is 1. The summed E-state index contributed by atoms with van der Waals surface area (Å²) in [5.74, 6) is -0.305. The molecule has 1 aliphatic heterocycles. The zero-order chi connectivity index (χ0) is 25.8. The van der Waals surface area contributed by atoms with Crippen molar-refractivity contribution in [2.75, 3.05) is 12.3 Å². The van der Waals surface area contributed by atoms with Gasteiger partial charge in [-0.1, -0.05) is 54.2 Å². The number of hydrogen-bond acceptors (Lipinski definition) is 6. The predicted molar refractivity (Wildman–Crippen MR) is 147 cm³/mol. The van der Waals surface area contributed by atoms with E-state index in [4.69, 9.17) is 5.11 Å². The molecule has 3 N–H and O–H groups in total. The first kappa shape index (κ1) is 25.3. The number of H-pyrrole nitrogens is 1. The molecule has 3 heterocycles. The minimum atomic E-state index is -1.04. The van der Waals surface area contributed by atoms with Crippen molar-refractivity contribution in [3.05, 3.63) is 83.5 Å². The second-order valence-corrected chi connectivity index (χ2v) is 11.2. The molecule has 1 amide bonds. The number of carbonyl (C=O) groups excluding carboxylic acids is 1. The van der Waals surface area contributed by atoms with Crippen LogP contribution in [0.5, 0.6) is 0 Å². The molecule has 7 nitrogen and oxygen atoms in total. The van der Waals surface area contributed by atoms with Crippen LogP contribution in [0, 0.1) is 0 Å². The molecule has 0 radical (unpaired) electrons. The van der Waals surface area contributed by atoms with Gasteiger partial charge in [0.25, 0.3) is 0 Å². The molecule has 9 heteroatoms. The third-order valence-corrected chi connectivity index (χ3v) is 8.45. The van der Waals surface area contributed by atoms with Crippen molar-refractivity contribution in [2.24, 2.45) is 0 Å². The minimum Gasteiger partial charge on any atom is -0.476 e. The number of thiazole rings is 1. The number of amides is 1. The molecule has 190 valence electrons. The molecule has 5 rings (SSSR count). The first-order valence-corrected chi connectivity index (χ1v) is 14.0. The number of aromatic carboxylic acids is 1. The van der Waals surface area contributed by atoms with Crippen LogP contribution >= 0.6 is 23.1 Å². The summed E-state index contributed by atoms with van der Waals surface area (Å²) in [5.41, 5.74) is 4.44. The molecule has 2 aromatic carbocycles. The van der Waals surface area contributed by atoms with Crippen molar-refractivity contribution in [3.8, 4) is 11.1 Å². The summed E-state index contributed by atoms with van der Waals surface area (Å²) >= 11 is 2.75. The van der Waals surface area contributed by atoms with E-state index in [1.807, 2.05) is 29.3 Å². The highest BCUT2D eigenvalue weighted by Gasteiger charge is 2.28. The Bertz CT molecular complexity index is 1440. The summed E-state index contributed by atoms with van der Waals surface area (Å²) in [5, 5.41) is 22.4. The molecular weight excluding hydrogens is 506 g/mol. The summed E-state index contributed by atoms with van der Waals surface area (Å²) in [7, 11) is 0. The van der Waals surface area contributed by atoms with E-state index in [-0.39, 0.29) is 17.6 Å². The lowest BCUT2D eigenvalue weighted by atomic mass is 9.99. The molecule has 1 aliphatic rings. The number of carboxylic acid groups (broad SMARTS) is 1. The SMILES string of the molecule is O=C(O)c1csc(SCCN2C(=O)CC[C@@H]2/C=C/[C@@H](O)Cc2cccc(-c3ccc4[nH]ccc4c3)c2)n1. The average Bonchev–Trinajstić information content (AvgIpc) is 3.63. The number of aromatic nitrogens is 2. The van der Waals surface area contributed by atoms with Crippen molar-refractivity contribution < 1.29 is 19.8 Å². The van der Waals surface area contributed by atoms with E-state index < -0.39 is 12.1 Å². The summed E-state index contributed by atoms with van der Waals surface area (Å²) in [4.78, 5) is 32.5. The Morgan fingerprint density at radius 1 is 1.24 bits per heavy atom. The number of likely N-dealkylation sites (tertiary alicyclic amines) is 1. The third-order valence-electron chi connectivity index (χ3n) is 6.45. The largest absolute Gasteiger partial charge is 0.476 e. The first-order chi connectivity index (χ1) is 18.0. The maximum Gasteiger partial charge on any atom is 0.355 e. The minimum absolute atomic E-state index is 0.0480. The van der Waals surface area contributed by atoms with Gasteiger partial charge in [-0.25, -0.2) is 9.78 Å². The number of carbonyl (C=O) groups is 2. The Balaban J connectivity index is 1.17. The monoisotopic (exact) mass is 533 g/mol. The maximum absolute atomic E-state index is 12.4. The van der Waals surface area contributed by atoms with Crippen molar-refractivity contribution >= 4 is 45.9 Å². The van der Waals surface area contributed by atoms with E-state index in [0.29, 0.717) is 29.5 Å². The molecule has 1 fully saturated rings. The van der Waals surface area contributed by atoms with Crippen LogP contribution in [0.3, 0.4) is 0 Å². The Kier molecular flexibility index (Phi) is 7.73. The highest BCUT2D eigenvalue weighted by atomic mass is 32.2. The van der Waals surface area contributed by atoms with Crippen LogP contribution in [0.4, 0.5) is 0 Å². The number of fused-ring (bicyclic) bond motifs is 1. The molecule has 0 spiro atoms. The summed E-state index contributed by atoms with van der Waals surface area (Å²) in [6.07, 6.45) is 6.72. The van der Waals surface area contributed by atoms with Crippen LogP contribution in [0.15, 0.2) is 76.6 Å². The van der Waals surface area contributed by atoms with Gasteiger partial charge < -0.3 is 20.1 Å². The summed E-state index contributed by atoms with van der Waals surface area (Å²) in [6, 6.07) is 16.6. The lowest BCUT2D eigenvalue weighted by molar-refractivity contribution is -0.128. The number of aliphatic hydroxyl groups excluding tert-OH is 1. The molecule has 0 unspecified atom stereocenters. The first-order valence-electron chi connectivity index (χ1n) is 12.1. The van der Waals surface area contributed by atoms with Gasteiger partial charge in [-0.2, -0.15) is 0 Å². The highest BCUT2D eigenvalue weighted by molar-refractivity contribution is 8.01. The van der Waals surface area contributed by atoms with Crippen molar-refractivity contribution in [2.45, 2.75) is 35.7 Å². The van der Waals surface area contributed by atoms with Gasteiger partial charge in [0.05, 0.1) is 12.1 Å². The molecule has 37 heavy (non-hydrogen) atoms. The van der Waals surface area contributed by atoms with E-state index in [9.17, 15) is 14.7 Å². The second kappa shape index (κ2) is 11.3. The molecule has 0 bridgehead atoms. The zero-order valence-corrected chi connectivity index (χ0v) is 21.7. The third kappa shape index (κ3) is 6.12. The number of hydrogen-bond donors (Lipinski definition) is 3. The lowest BCUT2D eigenvalue weighted by Crippen LogP contribution is -2.33. The summed E-state index contributed by atoms with van der Waals surface area (Å²) < 4.78 is 0.682. The van der Waals surface area contributed by atoms with Gasteiger partial charge in [0.2, 0.25) is 5.91 Å². The normalized spacial score (nSPS) is 16.7. The van der Waals surface area contributed by atoms with Crippen LogP contribution in [-0.2, 0) is 11.2 Å². The zero-order valence-electron chi connectivity index (χ0n) is 20.0. The Labute approximate surface area is 222 Å². The fourth-order valence-electron chi connectivity index (χ4n) is 4.58. The molecule has 0 aliphatic carbocycles. The molecule has 0 saturated carbocycles. The van der Waals surface area contributed by atoms with Crippen LogP contribution in [0.25, 0.3) is 22.0 Å². The molecule has 2 atom stereocenters.